The van der Waals surface area contributed by atoms with Gasteiger partial charge < -0.3 is 15.3 Å². The van der Waals surface area contributed by atoms with Crippen LogP contribution >= 0.6 is 0 Å². The fourth-order valence-electron chi connectivity index (χ4n) is 3.30. The number of carbonyl (C=O) groups excluding carboxylic acids is 2. The maximum Gasteiger partial charge on any atom is 0.308 e. The van der Waals surface area contributed by atoms with E-state index in [0.717, 1.165) is 5.56 Å². The zero-order valence-corrected chi connectivity index (χ0v) is 15.6. The molecule has 1 aromatic rings. The highest BCUT2D eigenvalue weighted by Crippen LogP contribution is 2.25. The lowest BCUT2D eigenvalue weighted by atomic mass is 9.91. The SMILES string of the molecule is CC(C)C(=O)N1CCC(C(=O)NC(c2ccccc2)C(C)C(=O)O)CC1. The molecule has 6 heteroatoms. The summed E-state index contributed by atoms with van der Waals surface area (Å²) in [6, 6.07) is 8.60. The maximum atomic E-state index is 12.7. The molecule has 0 saturated carbocycles. The van der Waals surface area contributed by atoms with Gasteiger partial charge in [-0.2, -0.15) is 0 Å². The van der Waals surface area contributed by atoms with Crippen LogP contribution in [0.15, 0.2) is 30.3 Å². The van der Waals surface area contributed by atoms with Gasteiger partial charge in [0.05, 0.1) is 12.0 Å². The summed E-state index contributed by atoms with van der Waals surface area (Å²) in [7, 11) is 0. The summed E-state index contributed by atoms with van der Waals surface area (Å²) >= 11 is 0. The van der Waals surface area contributed by atoms with Gasteiger partial charge >= 0.3 is 5.97 Å². The van der Waals surface area contributed by atoms with Crippen molar-refractivity contribution in [2.75, 3.05) is 13.1 Å². The summed E-state index contributed by atoms with van der Waals surface area (Å²) in [5.74, 6) is -1.94. The lowest BCUT2D eigenvalue weighted by Crippen LogP contribution is -2.45. The molecule has 2 amide bonds. The fourth-order valence-corrected chi connectivity index (χ4v) is 3.30. The monoisotopic (exact) mass is 360 g/mol. The maximum absolute atomic E-state index is 12.7. The van der Waals surface area contributed by atoms with Gasteiger partial charge in [0.25, 0.3) is 0 Å². The second kappa shape index (κ2) is 8.83. The van der Waals surface area contributed by atoms with Crippen molar-refractivity contribution in [1.29, 1.82) is 0 Å². The van der Waals surface area contributed by atoms with Gasteiger partial charge in [0.2, 0.25) is 11.8 Å². The van der Waals surface area contributed by atoms with E-state index in [0.29, 0.717) is 25.9 Å². The molecule has 1 saturated heterocycles. The van der Waals surface area contributed by atoms with Crippen molar-refractivity contribution >= 4 is 17.8 Å². The Balaban J connectivity index is 2.02. The van der Waals surface area contributed by atoms with Gasteiger partial charge in [0, 0.05) is 24.9 Å². The fraction of sp³-hybridized carbons (Fsp3) is 0.550. The van der Waals surface area contributed by atoms with E-state index in [4.69, 9.17) is 0 Å². The van der Waals surface area contributed by atoms with Crippen LogP contribution in [0.2, 0.25) is 0 Å². The quantitative estimate of drug-likeness (QED) is 0.816. The van der Waals surface area contributed by atoms with Gasteiger partial charge in [-0.25, -0.2) is 0 Å². The lowest BCUT2D eigenvalue weighted by molar-refractivity contribution is -0.143. The number of hydrogen-bond donors (Lipinski definition) is 2. The highest BCUT2D eigenvalue weighted by atomic mass is 16.4. The third-order valence-electron chi connectivity index (χ3n) is 5.02. The Hall–Kier alpha value is -2.37. The molecule has 0 spiro atoms. The molecule has 0 bridgehead atoms. The number of amides is 2. The van der Waals surface area contributed by atoms with Crippen LogP contribution in [0.1, 0.15) is 45.2 Å². The predicted octanol–water partition coefficient (Wildman–Crippen LogP) is 2.46. The van der Waals surface area contributed by atoms with E-state index in [9.17, 15) is 19.5 Å². The minimum atomic E-state index is -0.948. The number of carboxylic acid groups (broad SMARTS) is 1. The largest absolute Gasteiger partial charge is 0.481 e. The number of aliphatic carboxylic acids is 1. The molecule has 1 aliphatic rings. The first-order chi connectivity index (χ1) is 12.3. The van der Waals surface area contributed by atoms with Gasteiger partial charge in [-0.15, -0.1) is 0 Å². The Kier molecular flexibility index (Phi) is 6.77. The zero-order valence-electron chi connectivity index (χ0n) is 15.6. The lowest BCUT2D eigenvalue weighted by Gasteiger charge is -2.33. The molecule has 1 fully saturated rings. The van der Waals surface area contributed by atoms with Crippen LogP contribution in [0.5, 0.6) is 0 Å². The van der Waals surface area contributed by atoms with Crippen molar-refractivity contribution in [2.45, 2.75) is 39.7 Å². The first kappa shape index (κ1) is 19.9. The van der Waals surface area contributed by atoms with Crippen LogP contribution in [-0.4, -0.2) is 40.9 Å². The number of rotatable bonds is 6. The molecule has 0 aliphatic carbocycles. The molecule has 1 aliphatic heterocycles. The smallest absolute Gasteiger partial charge is 0.308 e. The molecule has 2 rings (SSSR count). The van der Waals surface area contributed by atoms with E-state index in [2.05, 4.69) is 5.32 Å². The van der Waals surface area contributed by atoms with Crippen LogP contribution in [0.3, 0.4) is 0 Å². The van der Waals surface area contributed by atoms with Crippen LogP contribution < -0.4 is 5.32 Å². The summed E-state index contributed by atoms with van der Waals surface area (Å²) in [5.41, 5.74) is 0.781. The summed E-state index contributed by atoms with van der Waals surface area (Å²) in [4.78, 5) is 38.0. The minimum Gasteiger partial charge on any atom is -0.481 e. The third-order valence-corrected chi connectivity index (χ3v) is 5.02. The Bertz CT molecular complexity index is 636. The van der Waals surface area contributed by atoms with Crippen molar-refractivity contribution in [1.82, 2.24) is 10.2 Å². The molecular weight excluding hydrogens is 332 g/mol. The highest BCUT2D eigenvalue weighted by molar-refractivity contribution is 5.82. The van der Waals surface area contributed by atoms with Crippen molar-refractivity contribution in [2.24, 2.45) is 17.8 Å². The van der Waals surface area contributed by atoms with Gasteiger partial charge in [-0.3, -0.25) is 14.4 Å². The molecule has 0 aromatic heterocycles. The Morgan fingerprint density at radius 3 is 2.15 bits per heavy atom. The van der Waals surface area contributed by atoms with E-state index in [1.54, 1.807) is 6.92 Å². The van der Waals surface area contributed by atoms with Gasteiger partial charge in [-0.05, 0) is 25.3 Å². The van der Waals surface area contributed by atoms with Crippen LogP contribution in [0.25, 0.3) is 0 Å². The summed E-state index contributed by atoms with van der Waals surface area (Å²) in [6.45, 7) is 6.49. The molecule has 1 heterocycles. The average Bonchev–Trinajstić information content (AvgIpc) is 2.65. The van der Waals surface area contributed by atoms with E-state index >= 15 is 0 Å². The van der Waals surface area contributed by atoms with Gasteiger partial charge in [0.1, 0.15) is 0 Å². The summed E-state index contributed by atoms with van der Waals surface area (Å²) < 4.78 is 0. The Morgan fingerprint density at radius 1 is 1.08 bits per heavy atom. The number of piperidine rings is 1. The Morgan fingerprint density at radius 2 is 1.65 bits per heavy atom. The van der Waals surface area contributed by atoms with Crippen molar-refractivity contribution in [3.8, 4) is 0 Å². The first-order valence-electron chi connectivity index (χ1n) is 9.18. The standard InChI is InChI=1S/C20H28N2O4/c1-13(2)19(24)22-11-9-16(10-12-22)18(23)21-17(14(3)20(25)26)15-7-5-4-6-8-15/h4-8,13-14,16-17H,9-12H2,1-3H3,(H,21,23)(H,25,26). The van der Waals surface area contributed by atoms with Crippen LogP contribution in [0, 0.1) is 17.8 Å². The van der Waals surface area contributed by atoms with E-state index in [1.165, 1.54) is 0 Å². The normalized spacial score (nSPS) is 17.6. The number of nitrogens with one attached hydrogen (secondary N) is 1. The van der Waals surface area contributed by atoms with E-state index in [-0.39, 0.29) is 23.7 Å². The summed E-state index contributed by atoms with van der Waals surface area (Å²) in [5, 5.41) is 12.3. The van der Waals surface area contributed by atoms with Gasteiger partial charge in [-0.1, -0.05) is 44.2 Å². The molecule has 1 aromatic carbocycles. The highest BCUT2D eigenvalue weighted by Gasteiger charge is 2.32. The number of carboxylic acids is 1. The number of benzene rings is 1. The van der Waals surface area contributed by atoms with Crippen molar-refractivity contribution in [3.05, 3.63) is 35.9 Å². The topological polar surface area (TPSA) is 86.7 Å². The molecule has 0 radical (unpaired) electrons. The first-order valence-corrected chi connectivity index (χ1v) is 9.18. The van der Waals surface area contributed by atoms with E-state index < -0.39 is 17.9 Å². The number of nitrogens with zero attached hydrogens (tertiary/aromatic N) is 1. The number of likely N-dealkylation sites (tertiary alicyclic amines) is 1. The van der Waals surface area contributed by atoms with Gasteiger partial charge in [0.15, 0.2) is 0 Å². The zero-order chi connectivity index (χ0) is 19.3. The second-order valence-electron chi connectivity index (χ2n) is 7.28. The molecule has 142 valence electrons. The van der Waals surface area contributed by atoms with Crippen molar-refractivity contribution in [3.63, 3.8) is 0 Å². The predicted molar refractivity (Wildman–Crippen MR) is 98.3 cm³/mol. The summed E-state index contributed by atoms with van der Waals surface area (Å²) in [6.07, 6.45) is 1.21. The Labute approximate surface area is 154 Å². The number of carbonyl (C=O) groups is 3. The third kappa shape index (κ3) is 4.84. The van der Waals surface area contributed by atoms with Crippen LogP contribution in [0.4, 0.5) is 0 Å². The molecule has 2 atom stereocenters. The second-order valence-corrected chi connectivity index (χ2v) is 7.28. The molecule has 2 N–H and O–H groups in total. The molecule has 6 nitrogen and oxygen atoms in total. The average molecular weight is 360 g/mol. The molecule has 26 heavy (non-hydrogen) atoms. The minimum absolute atomic E-state index is 0.0424. The molecule has 2 unspecified atom stereocenters. The van der Waals surface area contributed by atoms with E-state index in [1.807, 2.05) is 49.1 Å². The number of hydrogen-bond acceptors (Lipinski definition) is 3. The van der Waals surface area contributed by atoms with Crippen LogP contribution in [-0.2, 0) is 14.4 Å². The van der Waals surface area contributed by atoms with Crippen molar-refractivity contribution < 1.29 is 19.5 Å². The molecular formula is C20H28N2O4.